The van der Waals surface area contributed by atoms with E-state index in [1.54, 1.807) is 48.5 Å². The van der Waals surface area contributed by atoms with Crippen LogP contribution in [0.25, 0.3) is 0 Å². The Morgan fingerprint density at radius 3 is 2.00 bits per heavy atom. The lowest BCUT2D eigenvalue weighted by molar-refractivity contribution is 0.0474. The van der Waals surface area contributed by atoms with E-state index in [1.807, 2.05) is 6.07 Å². The average Bonchev–Trinajstić information content (AvgIpc) is 2.78. The number of nitrogens with one attached hydrogen (secondary N) is 1. The number of hydrogen-bond donors (Lipinski definition) is 1. The highest BCUT2D eigenvalue weighted by Crippen LogP contribution is 2.13. The first-order valence-corrected chi connectivity index (χ1v) is 8.79. The summed E-state index contributed by atoms with van der Waals surface area (Å²) in [6.07, 6.45) is 0.671. The van der Waals surface area contributed by atoms with Gasteiger partial charge in [0.1, 0.15) is 6.29 Å². The molecular formula is C23H17NO5. The van der Waals surface area contributed by atoms with E-state index in [9.17, 15) is 19.2 Å². The Morgan fingerprint density at radius 1 is 0.759 bits per heavy atom. The number of carbonyl (C=O) groups is 4. The van der Waals surface area contributed by atoms with Crippen molar-refractivity contribution in [1.82, 2.24) is 0 Å². The van der Waals surface area contributed by atoms with Crippen LogP contribution in [-0.2, 0) is 4.74 Å². The van der Waals surface area contributed by atoms with Crippen LogP contribution in [0.1, 0.15) is 41.4 Å². The molecule has 3 aromatic rings. The Hall–Kier alpha value is -4.06. The third kappa shape index (κ3) is 5.23. The van der Waals surface area contributed by atoms with Gasteiger partial charge in [-0.05, 0) is 48.5 Å². The molecule has 0 unspecified atom stereocenters. The Labute approximate surface area is 167 Å². The van der Waals surface area contributed by atoms with Crippen LogP contribution in [0.4, 0.5) is 5.69 Å². The van der Waals surface area contributed by atoms with Gasteiger partial charge in [-0.15, -0.1) is 0 Å². The predicted octanol–water partition coefficient (Wildman–Crippen LogP) is 3.79. The lowest BCUT2D eigenvalue weighted by atomic mass is 10.1. The van der Waals surface area contributed by atoms with Gasteiger partial charge in [-0.2, -0.15) is 0 Å². The number of aldehydes is 1. The van der Waals surface area contributed by atoms with Gasteiger partial charge in [-0.3, -0.25) is 14.4 Å². The van der Waals surface area contributed by atoms with Crippen molar-refractivity contribution < 1.29 is 23.9 Å². The van der Waals surface area contributed by atoms with E-state index in [4.69, 9.17) is 4.74 Å². The third-order valence-corrected chi connectivity index (χ3v) is 4.12. The fourth-order valence-electron chi connectivity index (χ4n) is 2.53. The number of ether oxygens (including phenoxy) is 1. The van der Waals surface area contributed by atoms with Gasteiger partial charge in [0.05, 0.1) is 5.56 Å². The van der Waals surface area contributed by atoms with Gasteiger partial charge < -0.3 is 10.1 Å². The number of amides is 1. The van der Waals surface area contributed by atoms with Gasteiger partial charge in [0.15, 0.2) is 12.4 Å². The topological polar surface area (TPSA) is 89.5 Å². The van der Waals surface area contributed by atoms with Crippen LogP contribution in [0.3, 0.4) is 0 Å². The van der Waals surface area contributed by atoms with E-state index in [1.165, 1.54) is 24.3 Å². The number of Topliss-reactive ketones (excluding diaryl/α,β-unsaturated/α-hetero) is 1. The van der Waals surface area contributed by atoms with Crippen molar-refractivity contribution in [2.24, 2.45) is 0 Å². The first kappa shape index (κ1) is 19.7. The fourth-order valence-corrected chi connectivity index (χ4v) is 2.53. The highest BCUT2D eigenvalue weighted by atomic mass is 16.5. The van der Waals surface area contributed by atoms with Gasteiger partial charge in [0.2, 0.25) is 0 Å². The second kappa shape index (κ2) is 9.23. The van der Waals surface area contributed by atoms with E-state index in [-0.39, 0.29) is 17.3 Å². The molecule has 0 spiro atoms. The summed E-state index contributed by atoms with van der Waals surface area (Å²) in [5.41, 5.74) is 2.12. The van der Waals surface area contributed by atoms with Crippen LogP contribution < -0.4 is 5.32 Å². The highest BCUT2D eigenvalue weighted by molar-refractivity contribution is 6.05. The number of carbonyl (C=O) groups excluding carboxylic acids is 4. The van der Waals surface area contributed by atoms with Crippen LogP contribution >= 0.6 is 0 Å². The van der Waals surface area contributed by atoms with Crippen molar-refractivity contribution in [3.8, 4) is 0 Å². The van der Waals surface area contributed by atoms with Crippen molar-refractivity contribution >= 4 is 29.6 Å². The first-order chi connectivity index (χ1) is 14.1. The van der Waals surface area contributed by atoms with Crippen molar-refractivity contribution in [3.05, 3.63) is 101 Å². The van der Waals surface area contributed by atoms with E-state index in [0.717, 1.165) is 0 Å². The molecule has 6 nitrogen and oxygen atoms in total. The van der Waals surface area contributed by atoms with Crippen LogP contribution in [0.15, 0.2) is 78.9 Å². The molecule has 6 heteroatoms. The summed E-state index contributed by atoms with van der Waals surface area (Å²) in [6, 6.07) is 21.0. The smallest absolute Gasteiger partial charge is 0.338 e. The second-order valence-corrected chi connectivity index (χ2v) is 6.14. The maximum atomic E-state index is 12.2. The zero-order chi connectivity index (χ0) is 20.6. The van der Waals surface area contributed by atoms with E-state index in [0.29, 0.717) is 28.7 Å². The minimum Gasteiger partial charge on any atom is -0.454 e. The van der Waals surface area contributed by atoms with E-state index >= 15 is 0 Å². The Morgan fingerprint density at radius 2 is 1.38 bits per heavy atom. The molecule has 3 aromatic carbocycles. The summed E-state index contributed by atoms with van der Waals surface area (Å²) in [6.45, 7) is -0.413. The van der Waals surface area contributed by atoms with Gasteiger partial charge in [0.25, 0.3) is 5.91 Å². The maximum absolute atomic E-state index is 12.2. The number of benzene rings is 3. The molecule has 0 atom stereocenters. The Kier molecular flexibility index (Phi) is 6.27. The molecule has 0 aliphatic carbocycles. The summed E-state index contributed by atoms with van der Waals surface area (Å²) in [5.74, 6) is -1.27. The number of anilines is 1. The molecule has 0 heterocycles. The monoisotopic (exact) mass is 387 g/mol. The van der Waals surface area contributed by atoms with Gasteiger partial charge >= 0.3 is 5.97 Å². The summed E-state index contributed by atoms with van der Waals surface area (Å²) in [5, 5.41) is 2.74. The van der Waals surface area contributed by atoms with E-state index in [2.05, 4.69) is 5.32 Å². The van der Waals surface area contributed by atoms with Crippen LogP contribution in [0, 0.1) is 0 Å². The standard InChI is InChI=1S/C23H17NO5/c25-14-16-6-8-19(9-7-16)23(28)29-15-21(26)17-10-12-20(13-11-17)24-22(27)18-4-2-1-3-5-18/h1-14H,15H2,(H,24,27). The molecular weight excluding hydrogens is 370 g/mol. The molecule has 0 saturated carbocycles. The Balaban J connectivity index is 1.55. The molecule has 3 rings (SSSR count). The molecule has 0 bridgehead atoms. The van der Waals surface area contributed by atoms with Crippen molar-refractivity contribution in [2.75, 3.05) is 11.9 Å². The van der Waals surface area contributed by atoms with Crippen molar-refractivity contribution in [2.45, 2.75) is 0 Å². The highest BCUT2D eigenvalue weighted by Gasteiger charge is 2.12. The lowest BCUT2D eigenvalue weighted by Gasteiger charge is -2.07. The SMILES string of the molecule is O=Cc1ccc(C(=O)OCC(=O)c2ccc(NC(=O)c3ccccc3)cc2)cc1. The predicted molar refractivity (Wildman–Crippen MR) is 107 cm³/mol. The number of hydrogen-bond acceptors (Lipinski definition) is 5. The van der Waals surface area contributed by atoms with Gasteiger partial charge in [-0.1, -0.05) is 30.3 Å². The lowest BCUT2D eigenvalue weighted by Crippen LogP contribution is -2.15. The quantitative estimate of drug-likeness (QED) is 0.378. The molecule has 144 valence electrons. The maximum Gasteiger partial charge on any atom is 0.338 e. The molecule has 0 fully saturated rings. The Bertz CT molecular complexity index is 1030. The molecule has 0 aliphatic heterocycles. The van der Waals surface area contributed by atoms with Crippen molar-refractivity contribution in [1.29, 1.82) is 0 Å². The third-order valence-electron chi connectivity index (χ3n) is 4.12. The summed E-state index contributed by atoms with van der Waals surface area (Å²) in [4.78, 5) is 47.0. The summed E-state index contributed by atoms with van der Waals surface area (Å²) < 4.78 is 5.02. The van der Waals surface area contributed by atoms with Gasteiger partial charge in [-0.25, -0.2) is 4.79 Å². The minimum absolute atomic E-state index is 0.251. The molecule has 1 amide bonds. The molecule has 1 N–H and O–H groups in total. The number of esters is 1. The first-order valence-electron chi connectivity index (χ1n) is 8.79. The normalized spacial score (nSPS) is 10.1. The van der Waals surface area contributed by atoms with Crippen LogP contribution in [0.2, 0.25) is 0 Å². The number of ketones is 1. The minimum atomic E-state index is -0.650. The number of rotatable bonds is 7. The molecule has 0 saturated heterocycles. The molecule has 0 aromatic heterocycles. The average molecular weight is 387 g/mol. The zero-order valence-electron chi connectivity index (χ0n) is 15.3. The molecule has 0 radical (unpaired) electrons. The molecule has 0 aliphatic rings. The largest absolute Gasteiger partial charge is 0.454 e. The van der Waals surface area contributed by atoms with Crippen LogP contribution in [-0.4, -0.2) is 30.6 Å². The fraction of sp³-hybridized carbons (Fsp3) is 0.0435. The van der Waals surface area contributed by atoms with Crippen molar-refractivity contribution in [3.63, 3.8) is 0 Å². The van der Waals surface area contributed by atoms with Crippen LogP contribution in [0.5, 0.6) is 0 Å². The molecule has 29 heavy (non-hydrogen) atoms. The summed E-state index contributed by atoms with van der Waals surface area (Å²) in [7, 11) is 0. The van der Waals surface area contributed by atoms with Gasteiger partial charge in [0, 0.05) is 22.4 Å². The van der Waals surface area contributed by atoms with E-state index < -0.39 is 12.6 Å². The summed E-state index contributed by atoms with van der Waals surface area (Å²) >= 11 is 0. The second-order valence-electron chi connectivity index (χ2n) is 6.14. The zero-order valence-corrected chi connectivity index (χ0v) is 15.3.